The molecule has 0 aromatic heterocycles. The van der Waals surface area contributed by atoms with Gasteiger partial charge in [-0.2, -0.15) is 0 Å². The molecular weight excluding hydrogens is 110 g/mol. The van der Waals surface area contributed by atoms with E-state index in [0.29, 0.717) is 0 Å². The predicted molar refractivity (Wildman–Crippen MR) is 37.7 cm³/mol. The zero-order valence-electron chi connectivity index (χ0n) is 5.59. The van der Waals surface area contributed by atoms with Gasteiger partial charge in [-0.15, -0.1) is 0 Å². The van der Waals surface area contributed by atoms with Crippen LogP contribution in [0, 0.1) is 12.5 Å². The zero-order chi connectivity index (χ0) is 6.10. The van der Waals surface area contributed by atoms with E-state index in [4.69, 9.17) is 0 Å². The number of piperidine rings is 1. The maximum atomic E-state index is 2.41. The van der Waals surface area contributed by atoms with Gasteiger partial charge in [0.05, 0.1) is 0 Å². The Morgan fingerprint density at radius 3 is 3.22 bits per heavy atom. The van der Waals surface area contributed by atoms with Crippen LogP contribution in [0.1, 0.15) is 12.8 Å². The van der Waals surface area contributed by atoms with Crippen LogP contribution in [0.3, 0.4) is 0 Å². The normalized spacial score (nSPS) is 40.9. The van der Waals surface area contributed by atoms with Crippen LogP contribution >= 0.6 is 0 Å². The molecule has 0 spiro atoms. The van der Waals surface area contributed by atoms with E-state index < -0.39 is 0 Å². The summed E-state index contributed by atoms with van der Waals surface area (Å²) in [5.41, 5.74) is 0. The highest BCUT2D eigenvalue weighted by atomic mass is 15.1. The number of nitrogens with zero attached hydrogens (tertiary/aromatic N) is 1. The quantitative estimate of drug-likeness (QED) is 0.470. The van der Waals surface area contributed by atoms with Gasteiger partial charge >= 0.3 is 0 Å². The molecule has 2 heterocycles. The molecule has 0 aromatic carbocycles. The number of rotatable bonds is 0. The number of hydrogen-bond acceptors (Lipinski definition) is 1. The molecule has 2 aliphatic heterocycles. The van der Waals surface area contributed by atoms with Crippen molar-refractivity contribution in [3.05, 3.63) is 18.7 Å². The molecule has 1 nitrogen and oxygen atoms in total. The highest BCUT2D eigenvalue weighted by Crippen LogP contribution is 2.22. The highest BCUT2D eigenvalue weighted by molar-refractivity contribution is 5.05. The average molecular weight is 122 g/mol. The molecule has 1 radical (unpaired) electrons. The maximum Gasteiger partial charge on any atom is 0.0470 e. The molecule has 2 rings (SSSR count). The van der Waals surface area contributed by atoms with Crippen molar-refractivity contribution in [2.75, 3.05) is 13.1 Å². The van der Waals surface area contributed by atoms with E-state index in [1.54, 1.807) is 0 Å². The third-order valence-electron chi connectivity index (χ3n) is 2.17. The summed E-state index contributed by atoms with van der Waals surface area (Å²) < 4.78 is 0. The zero-order valence-corrected chi connectivity index (χ0v) is 5.59. The van der Waals surface area contributed by atoms with Crippen LogP contribution in [0.25, 0.3) is 0 Å². The van der Waals surface area contributed by atoms with Crippen LogP contribution in [0.15, 0.2) is 12.2 Å². The molecule has 1 saturated heterocycles. The summed E-state index contributed by atoms with van der Waals surface area (Å²) in [5, 5.41) is 0. The first-order valence-electron chi connectivity index (χ1n) is 3.71. The Kier molecular flexibility index (Phi) is 1.31. The fourth-order valence-electron chi connectivity index (χ4n) is 1.66. The van der Waals surface area contributed by atoms with Crippen molar-refractivity contribution in [1.29, 1.82) is 0 Å². The maximum absolute atomic E-state index is 2.41. The summed E-state index contributed by atoms with van der Waals surface area (Å²) in [7, 11) is 0. The van der Waals surface area contributed by atoms with Crippen LogP contribution < -0.4 is 0 Å². The van der Waals surface area contributed by atoms with E-state index >= 15 is 0 Å². The van der Waals surface area contributed by atoms with Crippen molar-refractivity contribution in [3.8, 4) is 0 Å². The van der Waals surface area contributed by atoms with Gasteiger partial charge < -0.3 is 0 Å². The minimum absolute atomic E-state index is 0.865. The minimum atomic E-state index is 0.865. The van der Waals surface area contributed by atoms with E-state index in [0.717, 1.165) is 5.92 Å². The number of fused-ring (bicyclic) bond motifs is 2. The first-order valence-corrected chi connectivity index (χ1v) is 3.71. The fraction of sp³-hybridized carbons (Fsp3) is 0.625. The molecule has 2 unspecified atom stereocenters. The van der Waals surface area contributed by atoms with Crippen LogP contribution in [0.5, 0.6) is 0 Å². The molecular formula is C8H12N. The Morgan fingerprint density at radius 1 is 1.44 bits per heavy atom. The topological polar surface area (TPSA) is 3.24 Å². The molecule has 2 bridgehead atoms. The van der Waals surface area contributed by atoms with Gasteiger partial charge in [0.1, 0.15) is 0 Å². The second-order valence-electron chi connectivity index (χ2n) is 2.93. The minimum Gasteiger partial charge on any atom is -0.294 e. The van der Waals surface area contributed by atoms with Crippen molar-refractivity contribution < 1.29 is 0 Å². The van der Waals surface area contributed by atoms with Gasteiger partial charge in [-0.05, 0) is 25.3 Å². The third-order valence-corrected chi connectivity index (χ3v) is 2.17. The summed E-state index contributed by atoms with van der Waals surface area (Å²) in [5.74, 6) is 0.865. The smallest absolute Gasteiger partial charge is 0.0470 e. The van der Waals surface area contributed by atoms with E-state index in [-0.39, 0.29) is 0 Å². The number of hydrogen-bond donors (Lipinski definition) is 0. The SMILES string of the molecule is [CH]1C=CC2CCCN1C2. The monoisotopic (exact) mass is 122 g/mol. The molecule has 0 aromatic rings. The van der Waals surface area contributed by atoms with Crippen molar-refractivity contribution in [3.63, 3.8) is 0 Å². The van der Waals surface area contributed by atoms with E-state index in [9.17, 15) is 0 Å². The van der Waals surface area contributed by atoms with Crippen LogP contribution in [-0.2, 0) is 0 Å². The Labute approximate surface area is 56.4 Å². The molecule has 9 heavy (non-hydrogen) atoms. The summed E-state index contributed by atoms with van der Waals surface area (Å²) in [4.78, 5) is 2.41. The Bertz CT molecular complexity index is 129. The Hall–Kier alpha value is -0.300. The lowest BCUT2D eigenvalue weighted by atomic mass is 9.95. The van der Waals surface area contributed by atoms with Crippen molar-refractivity contribution in [1.82, 2.24) is 4.90 Å². The molecule has 0 saturated carbocycles. The largest absolute Gasteiger partial charge is 0.294 e. The highest BCUT2D eigenvalue weighted by Gasteiger charge is 2.19. The molecule has 0 amide bonds. The van der Waals surface area contributed by atoms with E-state index in [2.05, 4.69) is 23.6 Å². The van der Waals surface area contributed by atoms with Crippen molar-refractivity contribution in [2.24, 2.45) is 5.92 Å². The van der Waals surface area contributed by atoms with E-state index in [1.807, 2.05) is 0 Å². The molecule has 1 heteroatoms. The summed E-state index contributed by atoms with van der Waals surface area (Å²) in [6, 6.07) is 0. The molecule has 1 fully saturated rings. The van der Waals surface area contributed by atoms with Gasteiger partial charge in [0.25, 0.3) is 0 Å². The molecule has 0 aliphatic carbocycles. The van der Waals surface area contributed by atoms with Gasteiger partial charge in [0.2, 0.25) is 0 Å². The summed E-state index contributed by atoms with van der Waals surface area (Å²) in [6.45, 7) is 4.76. The second kappa shape index (κ2) is 2.14. The van der Waals surface area contributed by atoms with Gasteiger partial charge in [-0.1, -0.05) is 12.2 Å². The summed E-state index contributed by atoms with van der Waals surface area (Å²) >= 11 is 0. The third kappa shape index (κ3) is 1.01. The average Bonchev–Trinajstić information content (AvgIpc) is 1.88. The lowest BCUT2D eigenvalue weighted by Crippen LogP contribution is -2.34. The predicted octanol–water partition coefficient (Wildman–Crippen LogP) is 1.43. The van der Waals surface area contributed by atoms with Gasteiger partial charge in [0, 0.05) is 13.1 Å². The first-order chi connectivity index (χ1) is 4.45. The fourth-order valence-corrected chi connectivity index (χ4v) is 1.66. The second-order valence-corrected chi connectivity index (χ2v) is 2.93. The van der Waals surface area contributed by atoms with Crippen molar-refractivity contribution in [2.45, 2.75) is 12.8 Å². The first kappa shape index (κ1) is 5.48. The van der Waals surface area contributed by atoms with Crippen LogP contribution in [-0.4, -0.2) is 18.0 Å². The molecule has 2 aliphatic rings. The van der Waals surface area contributed by atoms with Gasteiger partial charge in [0.15, 0.2) is 0 Å². The van der Waals surface area contributed by atoms with Crippen molar-refractivity contribution >= 4 is 0 Å². The van der Waals surface area contributed by atoms with Crippen LogP contribution in [0.4, 0.5) is 0 Å². The lowest BCUT2D eigenvalue weighted by Gasteiger charge is -2.33. The molecule has 49 valence electrons. The standard InChI is InChI=1S/C8H12N/c1-3-8-4-2-6-9(5-1)7-8/h1,3,5,8H,2,4,6-7H2. The summed E-state index contributed by atoms with van der Waals surface area (Å²) in [6.07, 6.45) is 7.30. The van der Waals surface area contributed by atoms with Crippen LogP contribution in [0.2, 0.25) is 0 Å². The van der Waals surface area contributed by atoms with E-state index in [1.165, 1.54) is 25.9 Å². The van der Waals surface area contributed by atoms with Gasteiger partial charge in [-0.3, -0.25) is 4.90 Å². The molecule has 0 N–H and O–H groups in total. The Balaban J connectivity index is 2.09. The molecule has 2 atom stereocenters. The Morgan fingerprint density at radius 2 is 2.44 bits per heavy atom. The van der Waals surface area contributed by atoms with Gasteiger partial charge in [-0.25, -0.2) is 0 Å². The lowest BCUT2D eigenvalue weighted by molar-refractivity contribution is 0.235.